The van der Waals surface area contributed by atoms with Crippen molar-refractivity contribution in [3.8, 4) is 5.75 Å². The number of methoxy groups -OCH3 is 1. The number of rotatable bonds is 5. The zero-order valence-electron chi connectivity index (χ0n) is 17.7. The van der Waals surface area contributed by atoms with Gasteiger partial charge in [0.25, 0.3) is 5.56 Å². The van der Waals surface area contributed by atoms with Gasteiger partial charge in [0, 0.05) is 29.2 Å². The second-order valence-corrected chi connectivity index (χ2v) is 8.61. The van der Waals surface area contributed by atoms with E-state index in [9.17, 15) is 9.59 Å². The van der Waals surface area contributed by atoms with Gasteiger partial charge in [-0.3, -0.25) is 9.59 Å². The zero-order valence-corrected chi connectivity index (χ0v) is 17.7. The summed E-state index contributed by atoms with van der Waals surface area (Å²) in [5, 5.41) is 4.32. The molecule has 0 saturated heterocycles. The molecule has 0 atom stereocenters. The number of carbonyl (C=O) groups excluding carboxylic acids is 1. The first-order valence-corrected chi connectivity index (χ1v) is 9.73. The van der Waals surface area contributed by atoms with Crippen LogP contribution in [0.3, 0.4) is 0 Å². The van der Waals surface area contributed by atoms with Crippen LogP contribution >= 0.6 is 0 Å². The number of nitrogens with zero attached hydrogens (tertiary/aromatic N) is 1. The molecule has 5 heteroatoms. The van der Waals surface area contributed by atoms with E-state index in [0.29, 0.717) is 17.6 Å². The topological polar surface area (TPSA) is 60.3 Å². The first-order chi connectivity index (χ1) is 13.7. The van der Waals surface area contributed by atoms with E-state index in [1.54, 1.807) is 30.0 Å². The van der Waals surface area contributed by atoms with Crippen molar-refractivity contribution in [1.82, 2.24) is 4.57 Å². The average molecular weight is 392 g/mol. The van der Waals surface area contributed by atoms with Crippen molar-refractivity contribution >= 4 is 22.4 Å². The van der Waals surface area contributed by atoms with Crippen LogP contribution in [0.15, 0.2) is 53.5 Å². The normalized spacial score (nSPS) is 11.5. The lowest BCUT2D eigenvalue weighted by Crippen LogP contribution is -2.26. The van der Waals surface area contributed by atoms with E-state index in [1.807, 2.05) is 37.3 Å². The van der Waals surface area contributed by atoms with Crippen molar-refractivity contribution in [3.05, 3.63) is 70.1 Å². The van der Waals surface area contributed by atoms with E-state index < -0.39 is 0 Å². The predicted molar refractivity (Wildman–Crippen MR) is 118 cm³/mol. The highest BCUT2D eigenvalue weighted by Gasteiger charge is 2.15. The largest absolute Gasteiger partial charge is 0.496 e. The van der Waals surface area contributed by atoms with Crippen molar-refractivity contribution in [2.75, 3.05) is 12.4 Å². The van der Waals surface area contributed by atoms with Gasteiger partial charge in [-0.1, -0.05) is 39.0 Å². The Morgan fingerprint density at radius 3 is 2.52 bits per heavy atom. The molecular formula is C24H28N2O3. The van der Waals surface area contributed by atoms with Crippen molar-refractivity contribution in [2.45, 2.75) is 40.7 Å². The molecule has 0 aliphatic carbocycles. The Balaban J connectivity index is 1.84. The number of ether oxygens (including phenoxy) is 1. The van der Waals surface area contributed by atoms with Gasteiger partial charge in [-0.2, -0.15) is 0 Å². The average Bonchev–Trinajstić information content (AvgIpc) is 2.63. The number of amides is 1. The van der Waals surface area contributed by atoms with Gasteiger partial charge in [0.05, 0.1) is 13.5 Å². The quantitative estimate of drug-likeness (QED) is 0.693. The maximum Gasteiger partial charge on any atom is 0.258 e. The fraction of sp³-hybridized carbons (Fsp3) is 0.333. The molecule has 1 N–H and O–H groups in total. The van der Waals surface area contributed by atoms with Crippen LogP contribution in [-0.2, 0) is 17.8 Å². The molecule has 0 aliphatic rings. The summed E-state index contributed by atoms with van der Waals surface area (Å²) in [7, 11) is 1.63. The minimum absolute atomic E-state index is 0.000173. The molecule has 0 unspecified atom stereocenters. The number of anilines is 1. The Hall–Kier alpha value is -3.08. The summed E-state index contributed by atoms with van der Waals surface area (Å²) < 4.78 is 7.00. The van der Waals surface area contributed by atoms with Crippen LogP contribution in [0.2, 0.25) is 0 Å². The monoisotopic (exact) mass is 392 g/mol. The van der Waals surface area contributed by atoms with E-state index in [-0.39, 0.29) is 23.3 Å². The molecule has 152 valence electrons. The van der Waals surface area contributed by atoms with Gasteiger partial charge in [0.1, 0.15) is 5.75 Å². The van der Waals surface area contributed by atoms with E-state index >= 15 is 0 Å². The summed E-state index contributed by atoms with van der Waals surface area (Å²) in [6.07, 6.45) is 2.06. The number of hydrogen-bond acceptors (Lipinski definition) is 3. The summed E-state index contributed by atoms with van der Waals surface area (Å²) in [6, 6.07) is 13.0. The number of hydrogen-bond donors (Lipinski definition) is 1. The highest BCUT2D eigenvalue weighted by molar-refractivity contribution is 6.02. The van der Waals surface area contributed by atoms with Crippen LogP contribution in [0.4, 0.5) is 5.69 Å². The maximum absolute atomic E-state index is 12.9. The van der Waals surface area contributed by atoms with Gasteiger partial charge in [0.2, 0.25) is 5.91 Å². The number of fused-ring (bicyclic) bond motifs is 1. The number of aromatic nitrogens is 1. The van der Waals surface area contributed by atoms with Crippen molar-refractivity contribution in [1.29, 1.82) is 0 Å². The number of benzene rings is 2. The van der Waals surface area contributed by atoms with Crippen LogP contribution in [0.1, 0.15) is 31.9 Å². The Morgan fingerprint density at radius 1 is 1.10 bits per heavy atom. The van der Waals surface area contributed by atoms with Crippen LogP contribution in [0.25, 0.3) is 10.8 Å². The number of nitrogens with one attached hydrogen (secondary N) is 1. The highest BCUT2D eigenvalue weighted by Crippen LogP contribution is 2.23. The first kappa shape index (κ1) is 20.6. The summed E-state index contributed by atoms with van der Waals surface area (Å²) in [5.74, 6) is 0.677. The van der Waals surface area contributed by atoms with Gasteiger partial charge in [0.15, 0.2) is 0 Å². The van der Waals surface area contributed by atoms with Crippen LogP contribution in [-0.4, -0.2) is 17.6 Å². The molecule has 0 radical (unpaired) electrons. The Labute approximate surface area is 171 Å². The molecule has 0 aliphatic heterocycles. The lowest BCUT2D eigenvalue weighted by Gasteiger charge is -2.20. The summed E-state index contributed by atoms with van der Waals surface area (Å²) in [6.45, 7) is 8.88. The standard InChI is InChI=1S/C24H28N2O3/c1-16-13-17(9-10-21(16)29-5)14-22(27)25-20-8-6-7-19-18(20)11-12-26(23(19)28)15-24(2,3)4/h6-13H,14-15H2,1-5H3,(H,25,27). The van der Waals surface area contributed by atoms with Crippen LogP contribution < -0.4 is 15.6 Å². The molecular weight excluding hydrogens is 364 g/mol. The Bertz CT molecular complexity index is 1110. The third kappa shape index (κ3) is 4.86. The number of aryl methyl sites for hydroxylation is 1. The van der Waals surface area contributed by atoms with Gasteiger partial charge in [-0.05, 0) is 47.7 Å². The van der Waals surface area contributed by atoms with E-state index in [0.717, 1.165) is 22.3 Å². The highest BCUT2D eigenvalue weighted by atomic mass is 16.5. The fourth-order valence-corrected chi connectivity index (χ4v) is 3.49. The molecule has 1 amide bonds. The smallest absolute Gasteiger partial charge is 0.258 e. The summed E-state index contributed by atoms with van der Waals surface area (Å²) >= 11 is 0. The first-order valence-electron chi connectivity index (χ1n) is 9.73. The van der Waals surface area contributed by atoms with E-state index in [2.05, 4.69) is 26.1 Å². The summed E-state index contributed by atoms with van der Waals surface area (Å²) in [5.41, 5.74) is 2.51. The molecule has 5 nitrogen and oxygen atoms in total. The Kier molecular flexibility index (Phi) is 5.78. The second-order valence-electron chi connectivity index (χ2n) is 8.61. The van der Waals surface area contributed by atoms with Crippen molar-refractivity contribution in [3.63, 3.8) is 0 Å². The molecule has 3 rings (SSSR count). The maximum atomic E-state index is 12.9. The zero-order chi connectivity index (χ0) is 21.2. The minimum atomic E-state index is -0.124. The molecule has 0 bridgehead atoms. The lowest BCUT2D eigenvalue weighted by molar-refractivity contribution is -0.115. The molecule has 1 heterocycles. The van der Waals surface area contributed by atoms with Gasteiger partial charge in [-0.15, -0.1) is 0 Å². The van der Waals surface area contributed by atoms with Gasteiger partial charge in [-0.25, -0.2) is 0 Å². The third-order valence-corrected chi connectivity index (χ3v) is 4.76. The molecule has 1 aromatic heterocycles. The third-order valence-electron chi connectivity index (χ3n) is 4.76. The Morgan fingerprint density at radius 2 is 1.86 bits per heavy atom. The van der Waals surface area contributed by atoms with E-state index in [4.69, 9.17) is 4.74 Å². The SMILES string of the molecule is COc1ccc(CC(=O)Nc2cccc3c(=O)n(CC(C)(C)C)ccc23)cc1C. The molecule has 2 aromatic carbocycles. The number of pyridine rings is 1. The fourth-order valence-electron chi connectivity index (χ4n) is 3.49. The van der Waals surface area contributed by atoms with Crippen molar-refractivity contribution < 1.29 is 9.53 Å². The van der Waals surface area contributed by atoms with Crippen LogP contribution in [0, 0.1) is 12.3 Å². The molecule has 29 heavy (non-hydrogen) atoms. The molecule has 0 spiro atoms. The van der Waals surface area contributed by atoms with Gasteiger partial charge < -0.3 is 14.6 Å². The van der Waals surface area contributed by atoms with E-state index in [1.165, 1.54) is 0 Å². The van der Waals surface area contributed by atoms with Crippen molar-refractivity contribution in [2.24, 2.45) is 5.41 Å². The second kappa shape index (κ2) is 8.11. The lowest BCUT2D eigenvalue weighted by atomic mass is 9.96. The molecule has 3 aromatic rings. The predicted octanol–water partition coefficient (Wildman–Crippen LogP) is 4.55. The van der Waals surface area contributed by atoms with Gasteiger partial charge >= 0.3 is 0 Å². The molecule has 0 saturated carbocycles. The summed E-state index contributed by atoms with van der Waals surface area (Å²) in [4.78, 5) is 25.5. The molecule has 0 fully saturated rings. The van der Waals surface area contributed by atoms with Crippen LogP contribution in [0.5, 0.6) is 5.75 Å². The minimum Gasteiger partial charge on any atom is -0.496 e. The number of carbonyl (C=O) groups is 1.